The highest BCUT2D eigenvalue weighted by molar-refractivity contribution is 7.09. The lowest BCUT2D eigenvalue weighted by atomic mass is 9.94. The molecule has 0 unspecified atom stereocenters. The average Bonchev–Trinajstić information content (AvgIpc) is 3.29. The largest absolute Gasteiger partial charge is 0.493 e. The van der Waals surface area contributed by atoms with Crippen LogP contribution in [0, 0.1) is 5.41 Å². The summed E-state index contributed by atoms with van der Waals surface area (Å²) in [4.78, 5) is 31.3. The minimum absolute atomic E-state index is 0.0614. The number of hydrogen-bond acceptors (Lipinski definition) is 7. The second kappa shape index (κ2) is 10.7. The number of halogens is 1. The number of nitrogens with zero attached hydrogens (tertiary/aromatic N) is 2. The predicted octanol–water partition coefficient (Wildman–Crippen LogP) is 5.62. The molecule has 1 aliphatic rings. The third kappa shape index (κ3) is 5.74. The van der Waals surface area contributed by atoms with Crippen molar-refractivity contribution in [2.75, 3.05) is 25.7 Å². The minimum atomic E-state index is -1.12. The minimum Gasteiger partial charge on any atom is -0.493 e. The van der Waals surface area contributed by atoms with Crippen LogP contribution in [0.3, 0.4) is 0 Å². The van der Waals surface area contributed by atoms with E-state index in [1.54, 1.807) is 37.3 Å². The van der Waals surface area contributed by atoms with Crippen molar-refractivity contribution in [3.05, 3.63) is 68.6 Å². The molecule has 2 atom stereocenters. The molecule has 0 aliphatic carbocycles. The molecular formula is C27H29ClN2O6S. The molecule has 4 rings (SSSR count). The molecule has 2 aromatic carbocycles. The van der Waals surface area contributed by atoms with Gasteiger partial charge in [0.05, 0.1) is 19.2 Å². The van der Waals surface area contributed by atoms with Crippen LogP contribution in [0.1, 0.15) is 53.5 Å². The summed E-state index contributed by atoms with van der Waals surface area (Å²) in [5, 5.41) is 11.8. The van der Waals surface area contributed by atoms with Crippen LogP contribution in [0.4, 0.5) is 5.69 Å². The number of anilines is 1. The Balaban J connectivity index is 1.89. The number of carbonyl (C=O) groups is 2. The van der Waals surface area contributed by atoms with Gasteiger partial charge in [0.25, 0.3) is 5.91 Å². The van der Waals surface area contributed by atoms with Gasteiger partial charge in [-0.2, -0.15) is 0 Å². The van der Waals surface area contributed by atoms with E-state index in [-0.39, 0.29) is 23.4 Å². The summed E-state index contributed by atoms with van der Waals surface area (Å²) in [7, 11) is 3.11. The molecule has 1 aliphatic heterocycles. The van der Waals surface area contributed by atoms with Crippen molar-refractivity contribution in [1.82, 2.24) is 4.98 Å². The lowest BCUT2D eigenvalue weighted by Crippen LogP contribution is -2.44. The van der Waals surface area contributed by atoms with E-state index in [1.165, 1.54) is 16.7 Å². The maximum atomic E-state index is 14.0. The highest BCUT2D eigenvalue weighted by Crippen LogP contribution is 2.45. The van der Waals surface area contributed by atoms with E-state index >= 15 is 0 Å². The van der Waals surface area contributed by atoms with Crippen molar-refractivity contribution >= 4 is 40.5 Å². The number of hydrogen-bond donors (Lipinski definition) is 1. The van der Waals surface area contributed by atoms with Crippen LogP contribution < -0.4 is 14.4 Å². The number of carbonyl (C=O) groups excluding carboxylic acids is 1. The normalized spacial score (nSPS) is 17.8. The maximum absolute atomic E-state index is 14.0. The third-order valence-electron chi connectivity index (χ3n) is 5.88. The number of thiazole rings is 1. The quantitative estimate of drug-likeness (QED) is 0.412. The van der Waals surface area contributed by atoms with Gasteiger partial charge in [-0.15, -0.1) is 11.3 Å². The summed E-state index contributed by atoms with van der Waals surface area (Å²) < 4.78 is 17.8. The molecule has 0 saturated carbocycles. The fourth-order valence-electron chi connectivity index (χ4n) is 4.36. The fourth-order valence-corrected chi connectivity index (χ4v) is 5.34. The Morgan fingerprint density at radius 2 is 1.95 bits per heavy atom. The van der Waals surface area contributed by atoms with Gasteiger partial charge in [-0.25, -0.2) is 9.78 Å². The molecule has 37 heavy (non-hydrogen) atoms. The molecule has 8 nitrogen and oxygen atoms in total. The van der Waals surface area contributed by atoms with Crippen molar-refractivity contribution in [3.8, 4) is 11.5 Å². The van der Waals surface area contributed by atoms with E-state index in [0.717, 1.165) is 0 Å². The first-order chi connectivity index (χ1) is 17.5. The van der Waals surface area contributed by atoms with E-state index in [2.05, 4.69) is 25.8 Å². The van der Waals surface area contributed by atoms with Crippen LogP contribution in [-0.2, 0) is 16.0 Å². The van der Waals surface area contributed by atoms with Crippen molar-refractivity contribution in [2.24, 2.45) is 5.41 Å². The first kappa shape index (κ1) is 26.9. The molecule has 0 radical (unpaired) electrons. The number of carboxylic acid groups (broad SMARTS) is 1. The maximum Gasteiger partial charge on any atom is 0.355 e. The zero-order valence-electron chi connectivity index (χ0n) is 21.3. The Hall–Kier alpha value is -3.14. The van der Waals surface area contributed by atoms with Gasteiger partial charge in [0, 0.05) is 40.2 Å². The summed E-state index contributed by atoms with van der Waals surface area (Å²) in [6.07, 6.45) is -1.55. The molecule has 1 aromatic heterocycles. The molecule has 1 N–H and O–H groups in total. The lowest BCUT2D eigenvalue weighted by Gasteiger charge is -2.31. The van der Waals surface area contributed by atoms with Gasteiger partial charge in [-0.05, 0) is 29.7 Å². The second-order valence-corrected chi connectivity index (χ2v) is 11.3. The molecule has 0 saturated heterocycles. The summed E-state index contributed by atoms with van der Waals surface area (Å²) in [6.45, 7) is 6.60. The van der Waals surface area contributed by atoms with Crippen molar-refractivity contribution in [1.29, 1.82) is 0 Å². The average molecular weight is 545 g/mol. The Labute approximate surface area is 224 Å². The standard InChI is InChI=1S/C27H29ClN2O6S/c1-27(2,3)14-30-19-10-9-15(28)11-17(19)23(16-7-6-8-20(34-4)24(16)35-5)36-21(25(30)31)12-22-29-18(13-37-22)26(32)33/h6-11,13,21,23H,12,14H2,1-5H3,(H,32,33)/t21-,23-/m1/s1. The van der Waals surface area contributed by atoms with Crippen LogP contribution in [0.15, 0.2) is 41.8 Å². The predicted molar refractivity (Wildman–Crippen MR) is 142 cm³/mol. The SMILES string of the molecule is COc1cccc([C@H]2O[C@H](Cc3nc(C(=O)O)cs3)C(=O)N(CC(C)(C)C)c3ccc(Cl)cc32)c1OC. The molecule has 10 heteroatoms. The van der Waals surface area contributed by atoms with Gasteiger partial charge in [-0.3, -0.25) is 4.79 Å². The molecule has 1 amide bonds. The third-order valence-corrected chi connectivity index (χ3v) is 6.99. The fraction of sp³-hybridized carbons (Fsp3) is 0.370. The lowest BCUT2D eigenvalue weighted by molar-refractivity contribution is -0.132. The van der Waals surface area contributed by atoms with Gasteiger partial charge in [0.1, 0.15) is 12.2 Å². The molecule has 3 aromatic rings. The first-order valence-electron chi connectivity index (χ1n) is 11.7. The second-order valence-electron chi connectivity index (χ2n) is 9.91. The van der Waals surface area contributed by atoms with Crippen molar-refractivity contribution < 1.29 is 28.9 Å². The Kier molecular flexibility index (Phi) is 7.77. The number of methoxy groups -OCH3 is 2. The zero-order valence-corrected chi connectivity index (χ0v) is 22.9. The smallest absolute Gasteiger partial charge is 0.355 e. The van der Waals surface area contributed by atoms with E-state index in [1.807, 2.05) is 18.2 Å². The van der Waals surface area contributed by atoms with E-state index in [9.17, 15) is 14.7 Å². The van der Waals surface area contributed by atoms with Gasteiger partial charge in [-0.1, -0.05) is 44.5 Å². The van der Waals surface area contributed by atoms with Gasteiger partial charge >= 0.3 is 5.97 Å². The number of amides is 1. The van der Waals surface area contributed by atoms with Crippen LogP contribution in [-0.4, -0.2) is 48.8 Å². The Morgan fingerprint density at radius 1 is 1.19 bits per heavy atom. The highest BCUT2D eigenvalue weighted by atomic mass is 35.5. The monoisotopic (exact) mass is 544 g/mol. The number of aromatic carboxylic acids is 1. The Bertz CT molecular complexity index is 1320. The van der Waals surface area contributed by atoms with Gasteiger partial charge in [0.2, 0.25) is 0 Å². The van der Waals surface area contributed by atoms with E-state index < -0.39 is 18.2 Å². The number of ether oxygens (including phenoxy) is 3. The molecular weight excluding hydrogens is 516 g/mol. The molecule has 196 valence electrons. The number of carboxylic acids is 1. The summed E-state index contributed by atoms with van der Waals surface area (Å²) >= 11 is 7.64. The summed E-state index contributed by atoms with van der Waals surface area (Å²) in [5.74, 6) is -0.350. The Morgan fingerprint density at radius 3 is 2.57 bits per heavy atom. The molecule has 0 spiro atoms. The van der Waals surface area contributed by atoms with Crippen LogP contribution in [0.25, 0.3) is 0 Å². The number of benzene rings is 2. The topological polar surface area (TPSA) is 98.2 Å². The summed E-state index contributed by atoms with van der Waals surface area (Å²) in [5.41, 5.74) is 1.79. The number of aromatic nitrogens is 1. The summed E-state index contributed by atoms with van der Waals surface area (Å²) in [6, 6.07) is 10.9. The number of fused-ring (bicyclic) bond motifs is 1. The first-order valence-corrected chi connectivity index (χ1v) is 12.9. The van der Waals surface area contributed by atoms with Crippen molar-refractivity contribution in [2.45, 2.75) is 39.4 Å². The number of rotatable bonds is 7. The van der Waals surface area contributed by atoms with Crippen LogP contribution in [0.2, 0.25) is 5.02 Å². The van der Waals surface area contributed by atoms with Gasteiger partial charge < -0.3 is 24.2 Å². The van der Waals surface area contributed by atoms with Crippen molar-refractivity contribution in [3.63, 3.8) is 0 Å². The van der Waals surface area contributed by atoms with Crippen LogP contribution in [0.5, 0.6) is 11.5 Å². The number of para-hydroxylation sites is 1. The molecule has 0 bridgehead atoms. The zero-order chi connectivity index (χ0) is 26.9. The van der Waals surface area contributed by atoms with E-state index in [4.69, 9.17) is 25.8 Å². The molecule has 0 fully saturated rings. The van der Waals surface area contributed by atoms with E-state index in [0.29, 0.717) is 44.9 Å². The van der Waals surface area contributed by atoms with Gasteiger partial charge in [0.15, 0.2) is 17.2 Å². The molecule has 2 heterocycles. The van der Waals surface area contributed by atoms with Crippen LogP contribution >= 0.6 is 22.9 Å². The highest BCUT2D eigenvalue weighted by Gasteiger charge is 2.39.